The van der Waals surface area contributed by atoms with Crippen molar-refractivity contribution in [2.45, 2.75) is 45.3 Å². The molecular formula is C40H39F2IN2O4S2. The molecule has 2 aliphatic rings. The number of fused-ring (bicyclic) bond motifs is 2. The summed E-state index contributed by atoms with van der Waals surface area (Å²) in [5.74, 6) is -0.891. The zero-order chi connectivity index (χ0) is 36.3. The van der Waals surface area contributed by atoms with Crippen molar-refractivity contribution < 1.29 is 25.6 Å². The zero-order valence-corrected chi connectivity index (χ0v) is 32.2. The van der Waals surface area contributed by atoms with Gasteiger partial charge in [0.15, 0.2) is 0 Å². The molecule has 0 spiro atoms. The molecule has 0 saturated heterocycles. The zero-order valence-electron chi connectivity index (χ0n) is 28.4. The number of likely N-dealkylation sites (N-methyl/N-ethyl adjacent to an activating group) is 2. The molecule has 0 saturated carbocycles. The molecule has 51 heavy (non-hydrogen) atoms. The van der Waals surface area contributed by atoms with Crippen molar-refractivity contribution in [3.8, 4) is 11.1 Å². The molecule has 0 unspecified atom stereocenters. The number of sulfone groups is 2. The lowest BCUT2D eigenvalue weighted by Crippen LogP contribution is -2.20. The van der Waals surface area contributed by atoms with E-state index in [4.69, 9.17) is 0 Å². The lowest BCUT2D eigenvalue weighted by molar-refractivity contribution is 0.352. The molecule has 5 aromatic carbocycles. The van der Waals surface area contributed by atoms with Crippen LogP contribution in [0.4, 0.5) is 8.78 Å². The van der Waals surface area contributed by atoms with Gasteiger partial charge in [0.05, 0.1) is 19.6 Å². The van der Waals surface area contributed by atoms with Crippen LogP contribution in [0.1, 0.15) is 22.3 Å². The van der Waals surface area contributed by atoms with Crippen LogP contribution in [0.3, 0.4) is 0 Å². The van der Waals surface area contributed by atoms with Crippen LogP contribution in [-0.2, 0) is 45.4 Å². The van der Waals surface area contributed by atoms with E-state index in [0.717, 1.165) is 77.7 Å². The highest BCUT2D eigenvalue weighted by molar-refractivity contribution is 14.1. The van der Waals surface area contributed by atoms with Gasteiger partial charge in [-0.2, -0.15) is 0 Å². The monoisotopic (exact) mass is 840 g/mol. The third-order valence-electron chi connectivity index (χ3n) is 9.54. The van der Waals surface area contributed by atoms with Gasteiger partial charge in [-0.15, -0.1) is 0 Å². The molecule has 5 aromatic rings. The predicted molar refractivity (Wildman–Crippen MR) is 205 cm³/mol. The number of nitrogens with zero attached hydrogens (tertiary/aromatic N) is 2. The Labute approximate surface area is 313 Å². The molecule has 0 bridgehead atoms. The first-order valence-electron chi connectivity index (χ1n) is 16.7. The Morgan fingerprint density at radius 2 is 0.961 bits per heavy atom. The summed E-state index contributed by atoms with van der Waals surface area (Å²) < 4.78 is 79.4. The highest BCUT2D eigenvalue weighted by Gasteiger charge is 2.25. The van der Waals surface area contributed by atoms with Gasteiger partial charge in [0.1, 0.15) is 11.6 Å². The van der Waals surface area contributed by atoms with E-state index in [9.17, 15) is 25.6 Å². The van der Waals surface area contributed by atoms with Gasteiger partial charge in [-0.25, -0.2) is 25.6 Å². The van der Waals surface area contributed by atoms with Crippen LogP contribution in [0.25, 0.3) is 11.1 Å². The summed E-state index contributed by atoms with van der Waals surface area (Å²) in [5.41, 5.74) is 6.61. The van der Waals surface area contributed by atoms with E-state index < -0.39 is 31.3 Å². The Hall–Kier alpha value is -3.49. The third kappa shape index (κ3) is 8.44. The van der Waals surface area contributed by atoms with Gasteiger partial charge in [-0.3, -0.25) is 0 Å². The van der Waals surface area contributed by atoms with E-state index in [1.54, 1.807) is 24.3 Å². The third-order valence-corrected chi connectivity index (χ3v) is 14.0. The maximum absolute atomic E-state index is 13.3. The number of benzene rings is 5. The summed E-state index contributed by atoms with van der Waals surface area (Å²) in [6, 6.07) is 27.0. The molecule has 11 heteroatoms. The second-order valence-electron chi connectivity index (χ2n) is 13.0. The average Bonchev–Trinajstić information content (AvgIpc) is 3.44. The van der Waals surface area contributed by atoms with Gasteiger partial charge < -0.3 is 9.80 Å². The summed E-state index contributed by atoms with van der Waals surface area (Å²) >= 11 is 2.21. The van der Waals surface area contributed by atoms with E-state index in [2.05, 4.69) is 46.5 Å². The minimum absolute atomic E-state index is 0.110. The fourth-order valence-corrected chi connectivity index (χ4v) is 10.4. The van der Waals surface area contributed by atoms with Crippen LogP contribution in [0, 0.1) is 15.2 Å². The van der Waals surface area contributed by atoms with Crippen molar-refractivity contribution >= 4 is 42.3 Å². The minimum Gasteiger partial charge on any atom is -0.306 e. The van der Waals surface area contributed by atoms with Crippen molar-refractivity contribution in [2.75, 3.05) is 40.3 Å². The van der Waals surface area contributed by atoms with Gasteiger partial charge in [0.2, 0.25) is 19.7 Å². The fraction of sp³-hybridized carbons (Fsp3) is 0.250. The van der Waals surface area contributed by atoms with Crippen molar-refractivity contribution in [3.63, 3.8) is 0 Å². The molecule has 0 N–H and O–H groups in total. The first kappa shape index (κ1) is 37.3. The maximum atomic E-state index is 13.3. The second kappa shape index (κ2) is 15.6. The standard InChI is InChI=1S/C23H22FNO2S.C17H17FINO2S/c1-25-13-11-18-15-21(28(26,27)20-9-7-19(24)8-10-20)16-23(22(18)12-14-25)17-5-3-2-4-6-17;1-20-8-6-12-10-15(11-17(19)16(12)7-9-20)23(21,22)14-4-2-13(18)3-5-14/h2-10,15-16H,11-14H2,1H3;2-5,10-11H,6-9H2,1H3. The molecule has 0 aromatic heterocycles. The second-order valence-corrected chi connectivity index (χ2v) is 18.1. The van der Waals surface area contributed by atoms with Gasteiger partial charge in [-0.05, 0) is 169 Å². The summed E-state index contributed by atoms with van der Waals surface area (Å²) in [4.78, 5) is 5.31. The molecule has 2 heterocycles. The summed E-state index contributed by atoms with van der Waals surface area (Å²) in [7, 11) is -3.18. The van der Waals surface area contributed by atoms with Crippen LogP contribution >= 0.6 is 22.6 Å². The summed E-state index contributed by atoms with van der Waals surface area (Å²) in [5, 5.41) is 0. The topological polar surface area (TPSA) is 74.8 Å². The fourth-order valence-electron chi connectivity index (χ4n) is 6.53. The van der Waals surface area contributed by atoms with E-state index in [0.29, 0.717) is 0 Å². The van der Waals surface area contributed by atoms with E-state index in [1.165, 1.54) is 59.7 Å². The van der Waals surface area contributed by atoms with Gasteiger partial charge in [0.25, 0.3) is 0 Å². The molecule has 0 amide bonds. The van der Waals surface area contributed by atoms with Crippen LogP contribution in [-0.4, -0.2) is 66.9 Å². The SMILES string of the molecule is CN1CCc2cc(S(=O)(=O)c3ccc(F)cc3)cc(-c3ccccc3)c2CC1.CN1CCc2cc(S(=O)(=O)c3ccc(F)cc3)cc(I)c2CC1. The highest BCUT2D eigenvalue weighted by atomic mass is 127. The van der Waals surface area contributed by atoms with Crippen LogP contribution in [0.5, 0.6) is 0 Å². The summed E-state index contributed by atoms with van der Waals surface area (Å²) in [6.07, 6.45) is 3.46. The van der Waals surface area contributed by atoms with Gasteiger partial charge in [0, 0.05) is 29.7 Å². The molecule has 266 valence electrons. The lowest BCUT2D eigenvalue weighted by Gasteiger charge is -2.16. The lowest BCUT2D eigenvalue weighted by atomic mass is 9.93. The Kier molecular flexibility index (Phi) is 11.4. The van der Waals surface area contributed by atoms with E-state index in [1.807, 2.05) is 30.3 Å². The Balaban J connectivity index is 0.000000179. The Bertz CT molecular complexity index is 2250. The molecule has 0 radical (unpaired) electrons. The largest absolute Gasteiger partial charge is 0.306 e. The highest BCUT2D eigenvalue weighted by Crippen LogP contribution is 2.34. The predicted octanol–water partition coefficient (Wildman–Crippen LogP) is 7.65. The van der Waals surface area contributed by atoms with Crippen molar-refractivity contribution in [1.29, 1.82) is 0 Å². The van der Waals surface area contributed by atoms with E-state index in [-0.39, 0.29) is 19.6 Å². The minimum atomic E-state index is -3.73. The number of hydrogen-bond acceptors (Lipinski definition) is 6. The molecule has 2 aliphatic heterocycles. The van der Waals surface area contributed by atoms with Crippen molar-refractivity contribution in [3.05, 3.63) is 141 Å². The smallest absolute Gasteiger partial charge is 0.206 e. The maximum Gasteiger partial charge on any atom is 0.206 e. The van der Waals surface area contributed by atoms with Crippen LogP contribution in [0.15, 0.2) is 123 Å². The van der Waals surface area contributed by atoms with Gasteiger partial charge >= 0.3 is 0 Å². The van der Waals surface area contributed by atoms with Crippen LogP contribution in [0.2, 0.25) is 0 Å². The van der Waals surface area contributed by atoms with Gasteiger partial charge in [-0.1, -0.05) is 30.3 Å². The molecule has 7 rings (SSSR count). The van der Waals surface area contributed by atoms with E-state index >= 15 is 0 Å². The van der Waals surface area contributed by atoms with Crippen molar-refractivity contribution in [1.82, 2.24) is 9.80 Å². The first-order chi connectivity index (χ1) is 24.3. The van der Waals surface area contributed by atoms with Crippen molar-refractivity contribution in [2.24, 2.45) is 0 Å². The normalized spacial score (nSPS) is 15.5. The quantitative estimate of drug-likeness (QED) is 0.134. The molecule has 0 aliphatic carbocycles. The average molecular weight is 841 g/mol. The molecule has 0 atom stereocenters. The van der Waals surface area contributed by atoms with Crippen LogP contribution < -0.4 is 0 Å². The Morgan fingerprint density at radius 3 is 1.47 bits per heavy atom. The molecular weight excluding hydrogens is 801 g/mol. The number of hydrogen-bond donors (Lipinski definition) is 0. The molecule has 6 nitrogen and oxygen atoms in total. The first-order valence-corrected chi connectivity index (χ1v) is 20.8. The number of halogens is 3. The number of rotatable bonds is 5. The Morgan fingerprint density at radius 1 is 0.529 bits per heavy atom. The molecule has 0 fully saturated rings. The summed E-state index contributed by atoms with van der Waals surface area (Å²) in [6.45, 7) is 3.73.